The standard InChI is InChI=1S/C21H18FN5O2/c1-13-17(21(26-29-13)14-4-6-15(22)7-5-14)12-28-20-11-23-18(10-24-20)16-9-25-27-8-2-3-19(16)27/h4-7,9-11H,2-3,8,12H2,1H3. The first-order valence-corrected chi connectivity index (χ1v) is 9.40. The van der Waals surface area contributed by atoms with E-state index in [1.165, 1.54) is 17.8 Å². The summed E-state index contributed by atoms with van der Waals surface area (Å²) in [6, 6.07) is 6.10. The number of hydrogen-bond acceptors (Lipinski definition) is 6. The molecule has 7 nitrogen and oxygen atoms in total. The van der Waals surface area contributed by atoms with E-state index >= 15 is 0 Å². The summed E-state index contributed by atoms with van der Waals surface area (Å²) in [7, 11) is 0. The Morgan fingerprint density at radius 3 is 2.79 bits per heavy atom. The third kappa shape index (κ3) is 3.26. The second-order valence-electron chi connectivity index (χ2n) is 6.93. The van der Waals surface area contributed by atoms with E-state index < -0.39 is 0 Å². The molecule has 4 heterocycles. The van der Waals surface area contributed by atoms with Gasteiger partial charge in [-0.05, 0) is 44.0 Å². The average molecular weight is 391 g/mol. The molecule has 0 unspecified atom stereocenters. The second-order valence-corrected chi connectivity index (χ2v) is 6.93. The van der Waals surface area contributed by atoms with Crippen molar-refractivity contribution < 1.29 is 13.7 Å². The van der Waals surface area contributed by atoms with Crippen molar-refractivity contribution in [1.82, 2.24) is 24.9 Å². The quantitative estimate of drug-likeness (QED) is 0.512. The Bertz CT molecular complexity index is 1150. The van der Waals surface area contributed by atoms with Crippen LogP contribution >= 0.6 is 0 Å². The number of aromatic nitrogens is 5. The maximum Gasteiger partial charge on any atom is 0.232 e. The lowest BCUT2D eigenvalue weighted by atomic mass is 10.1. The van der Waals surface area contributed by atoms with Crippen LogP contribution in [0.5, 0.6) is 5.88 Å². The molecule has 3 aromatic heterocycles. The monoisotopic (exact) mass is 391 g/mol. The highest BCUT2D eigenvalue weighted by Gasteiger charge is 2.19. The van der Waals surface area contributed by atoms with Gasteiger partial charge in [-0.3, -0.25) is 4.68 Å². The number of nitrogens with zero attached hydrogens (tertiary/aromatic N) is 5. The van der Waals surface area contributed by atoms with Crippen molar-refractivity contribution in [1.29, 1.82) is 0 Å². The molecule has 146 valence electrons. The summed E-state index contributed by atoms with van der Waals surface area (Å²) in [5.74, 6) is 0.749. The van der Waals surface area contributed by atoms with E-state index in [4.69, 9.17) is 9.26 Å². The fourth-order valence-electron chi connectivity index (χ4n) is 3.55. The molecular weight excluding hydrogens is 373 g/mol. The summed E-state index contributed by atoms with van der Waals surface area (Å²) >= 11 is 0. The molecule has 0 N–H and O–H groups in total. The van der Waals surface area contributed by atoms with Gasteiger partial charge < -0.3 is 9.26 Å². The van der Waals surface area contributed by atoms with Crippen molar-refractivity contribution in [2.24, 2.45) is 0 Å². The fraction of sp³-hybridized carbons (Fsp3) is 0.238. The van der Waals surface area contributed by atoms with E-state index in [0.29, 0.717) is 17.3 Å². The number of ether oxygens (including phenoxy) is 1. The first kappa shape index (κ1) is 17.5. The molecular formula is C21H18FN5O2. The van der Waals surface area contributed by atoms with Crippen LogP contribution in [0.15, 0.2) is 47.4 Å². The number of benzene rings is 1. The number of aryl methyl sites for hydroxylation is 2. The molecule has 1 aliphatic rings. The van der Waals surface area contributed by atoms with Gasteiger partial charge in [-0.15, -0.1) is 0 Å². The summed E-state index contributed by atoms with van der Waals surface area (Å²) in [6.45, 7) is 2.99. The number of rotatable bonds is 5. The number of halogens is 1. The largest absolute Gasteiger partial charge is 0.471 e. The van der Waals surface area contributed by atoms with E-state index in [0.717, 1.165) is 41.8 Å². The lowest BCUT2D eigenvalue weighted by Gasteiger charge is -2.07. The Balaban J connectivity index is 1.33. The summed E-state index contributed by atoms with van der Waals surface area (Å²) in [5.41, 5.74) is 5.19. The molecule has 0 bridgehead atoms. The van der Waals surface area contributed by atoms with Gasteiger partial charge >= 0.3 is 0 Å². The van der Waals surface area contributed by atoms with Crippen molar-refractivity contribution in [3.63, 3.8) is 0 Å². The van der Waals surface area contributed by atoms with Gasteiger partial charge in [0.1, 0.15) is 23.9 Å². The van der Waals surface area contributed by atoms with E-state index in [9.17, 15) is 4.39 Å². The van der Waals surface area contributed by atoms with E-state index in [1.807, 2.05) is 17.8 Å². The van der Waals surface area contributed by atoms with E-state index in [-0.39, 0.29) is 12.4 Å². The van der Waals surface area contributed by atoms with Gasteiger partial charge in [-0.1, -0.05) is 5.16 Å². The maximum absolute atomic E-state index is 13.2. The molecule has 0 atom stereocenters. The third-order valence-electron chi connectivity index (χ3n) is 5.10. The van der Waals surface area contributed by atoms with Gasteiger partial charge in [-0.2, -0.15) is 5.10 Å². The zero-order chi connectivity index (χ0) is 19.8. The lowest BCUT2D eigenvalue weighted by Crippen LogP contribution is -2.00. The molecule has 29 heavy (non-hydrogen) atoms. The first-order valence-electron chi connectivity index (χ1n) is 9.40. The SMILES string of the molecule is Cc1onc(-c2ccc(F)cc2)c1COc1cnc(-c2cnn3c2CCC3)cn1. The van der Waals surface area contributed by atoms with Crippen LogP contribution < -0.4 is 4.74 Å². The van der Waals surface area contributed by atoms with Gasteiger partial charge in [-0.25, -0.2) is 14.4 Å². The highest BCUT2D eigenvalue weighted by molar-refractivity contribution is 5.63. The Morgan fingerprint density at radius 2 is 2.00 bits per heavy atom. The predicted molar refractivity (Wildman–Crippen MR) is 103 cm³/mol. The van der Waals surface area contributed by atoms with Gasteiger partial charge in [0.15, 0.2) is 0 Å². The minimum atomic E-state index is -0.300. The highest BCUT2D eigenvalue weighted by Crippen LogP contribution is 2.28. The van der Waals surface area contributed by atoms with Crippen molar-refractivity contribution in [2.75, 3.05) is 0 Å². The van der Waals surface area contributed by atoms with Crippen LogP contribution in [0, 0.1) is 12.7 Å². The molecule has 0 radical (unpaired) electrons. The molecule has 0 fully saturated rings. The normalized spacial score (nSPS) is 12.9. The van der Waals surface area contributed by atoms with E-state index in [2.05, 4.69) is 20.2 Å². The molecule has 1 aromatic carbocycles. The molecule has 0 saturated heterocycles. The predicted octanol–water partition coefficient (Wildman–Crippen LogP) is 3.97. The maximum atomic E-state index is 13.2. The van der Waals surface area contributed by atoms with Crippen molar-refractivity contribution in [3.05, 3.63) is 65.7 Å². The van der Waals surface area contributed by atoms with Crippen LogP contribution in [0.3, 0.4) is 0 Å². The molecule has 0 aliphatic carbocycles. The lowest BCUT2D eigenvalue weighted by molar-refractivity contribution is 0.289. The molecule has 0 spiro atoms. The van der Waals surface area contributed by atoms with Crippen LogP contribution in [0.1, 0.15) is 23.4 Å². The van der Waals surface area contributed by atoms with Gasteiger partial charge in [0.05, 0.1) is 29.8 Å². The highest BCUT2D eigenvalue weighted by atomic mass is 19.1. The molecule has 0 saturated carbocycles. The number of fused-ring (bicyclic) bond motifs is 1. The molecule has 4 aromatic rings. The van der Waals surface area contributed by atoms with Crippen LogP contribution in [-0.4, -0.2) is 24.9 Å². The first-order chi connectivity index (χ1) is 14.2. The van der Waals surface area contributed by atoms with Crippen molar-refractivity contribution in [3.8, 4) is 28.4 Å². The van der Waals surface area contributed by atoms with Crippen molar-refractivity contribution in [2.45, 2.75) is 32.9 Å². The molecule has 5 rings (SSSR count). The third-order valence-corrected chi connectivity index (χ3v) is 5.10. The Hall–Kier alpha value is -3.55. The van der Waals surface area contributed by atoms with Crippen molar-refractivity contribution >= 4 is 0 Å². The smallest absolute Gasteiger partial charge is 0.232 e. The summed E-state index contributed by atoms with van der Waals surface area (Å²) < 4.78 is 26.3. The summed E-state index contributed by atoms with van der Waals surface area (Å²) in [4.78, 5) is 8.87. The van der Waals surface area contributed by atoms with Crippen LogP contribution in [0.25, 0.3) is 22.5 Å². The average Bonchev–Trinajstić information content (AvgIpc) is 3.44. The van der Waals surface area contributed by atoms with Crippen LogP contribution in [0.2, 0.25) is 0 Å². The zero-order valence-corrected chi connectivity index (χ0v) is 15.8. The minimum absolute atomic E-state index is 0.221. The molecule has 8 heteroatoms. The summed E-state index contributed by atoms with van der Waals surface area (Å²) in [6.07, 6.45) is 7.27. The summed E-state index contributed by atoms with van der Waals surface area (Å²) in [5, 5.41) is 8.48. The van der Waals surface area contributed by atoms with Crippen LogP contribution in [0.4, 0.5) is 4.39 Å². The topological polar surface area (TPSA) is 78.9 Å². The Labute approximate surface area is 166 Å². The van der Waals surface area contributed by atoms with Crippen LogP contribution in [-0.2, 0) is 19.6 Å². The van der Waals surface area contributed by atoms with Gasteiger partial charge in [0, 0.05) is 23.4 Å². The fourth-order valence-corrected chi connectivity index (χ4v) is 3.55. The van der Waals surface area contributed by atoms with E-state index in [1.54, 1.807) is 24.5 Å². The minimum Gasteiger partial charge on any atom is -0.471 e. The second kappa shape index (κ2) is 7.12. The molecule has 1 aliphatic heterocycles. The molecule has 0 amide bonds. The van der Waals surface area contributed by atoms with Gasteiger partial charge in [0.25, 0.3) is 0 Å². The Kier molecular flexibility index (Phi) is 4.31. The Morgan fingerprint density at radius 1 is 1.14 bits per heavy atom. The number of hydrogen-bond donors (Lipinski definition) is 0. The van der Waals surface area contributed by atoms with Gasteiger partial charge in [0.2, 0.25) is 5.88 Å². The zero-order valence-electron chi connectivity index (χ0n) is 15.8.